The van der Waals surface area contributed by atoms with Gasteiger partial charge in [0.1, 0.15) is 0 Å². The normalized spacial score (nSPS) is 11.0. The molecule has 0 amide bonds. The first-order valence-electron chi connectivity index (χ1n) is 4.26. The average Bonchev–Trinajstić information content (AvgIpc) is 2.26. The van der Waals surface area contributed by atoms with Crippen molar-refractivity contribution in [2.24, 2.45) is 0 Å². The van der Waals surface area contributed by atoms with Gasteiger partial charge >= 0.3 is 5.97 Å². The maximum absolute atomic E-state index is 11.5. The van der Waals surface area contributed by atoms with Crippen LogP contribution in [0.4, 0.5) is 0 Å². The van der Waals surface area contributed by atoms with Gasteiger partial charge in [-0.15, -0.1) is 0 Å². The van der Waals surface area contributed by atoms with Crippen LogP contribution in [-0.4, -0.2) is 29.9 Å². The lowest BCUT2D eigenvalue weighted by molar-refractivity contribution is -0.125. The van der Waals surface area contributed by atoms with Crippen molar-refractivity contribution in [3.8, 4) is 0 Å². The van der Waals surface area contributed by atoms with E-state index in [0.717, 1.165) is 5.56 Å². The van der Waals surface area contributed by atoms with E-state index in [9.17, 15) is 4.79 Å². The minimum absolute atomic E-state index is 0.378. The molecule has 1 rings (SSSR count). The summed E-state index contributed by atoms with van der Waals surface area (Å²) >= 11 is 1.57. The van der Waals surface area contributed by atoms with Crippen molar-refractivity contribution < 1.29 is 7.86 Å². The molecule has 0 saturated heterocycles. The Morgan fingerprint density at radius 1 is 1.60 bits per heavy atom. The quantitative estimate of drug-likeness (QED) is 0.630. The van der Waals surface area contributed by atoms with E-state index in [1.807, 2.05) is 20.2 Å². The second-order valence-corrected chi connectivity index (χ2v) is 3.55. The van der Waals surface area contributed by atoms with Crippen LogP contribution < -0.4 is 0 Å². The first-order valence-corrected chi connectivity index (χ1v) is 5.15. The largest absolute Gasteiger partial charge is 0.391 e. The van der Waals surface area contributed by atoms with Crippen molar-refractivity contribution in [1.82, 2.24) is 9.88 Å². The lowest BCUT2D eigenvalue weighted by atomic mass is 10.1. The number of carbonyl (C=O) groups is 1. The summed E-state index contributed by atoms with van der Waals surface area (Å²) in [7, 11) is 3.69. The second kappa shape index (κ2) is 5.69. The van der Waals surface area contributed by atoms with Crippen molar-refractivity contribution in [1.29, 1.82) is 0 Å². The summed E-state index contributed by atoms with van der Waals surface area (Å²) in [5.41, 5.74) is 1.23. The third kappa shape index (κ3) is 3.50. The third-order valence-corrected chi connectivity index (χ3v) is 2.05. The average molecular weight is 318 g/mol. The van der Waals surface area contributed by atoms with Gasteiger partial charge in [0.2, 0.25) is 0 Å². The van der Waals surface area contributed by atoms with Crippen LogP contribution in [0.5, 0.6) is 0 Å². The molecule has 1 aromatic heterocycles. The molecular weight excluding hydrogens is 307 g/mol. The Morgan fingerprint density at radius 2 is 2.33 bits per heavy atom. The lowest BCUT2D eigenvalue weighted by Gasteiger charge is -2.09. The third-order valence-electron chi connectivity index (χ3n) is 1.65. The number of hydrogen-bond donors (Lipinski definition) is 0. The first kappa shape index (κ1) is 12.0. The Bertz CT molecular complexity index is 363. The predicted molar refractivity (Wildman–Crippen MR) is 66.0 cm³/mol. The highest BCUT2D eigenvalue weighted by Gasteiger charge is 2.13. The Kier molecular flexibility index (Phi) is 4.54. The molecule has 0 aliphatic heterocycles. The fourth-order valence-electron chi connectivity index (χ4n) is 1.07. The molecule has 0 unspecified atom stereocenters. The highest BCUT2D eigenvalue weighted by molar-refractivity contribution is 14.1. The van der Waals surface area contributed by atoms with Gasteiger partial charge in [-0.05, 0) is 6.07 Å². The first-order chi connectivity index (χ1) is 7.15. The molecule has 1 heterocycles. The van der Waals surface area contributed by atoms with Crippen molar-refractivity contribution in [3.63, 3.8) is 0 Å². The van der Waals surface area contributed by atoms with Gasteiger partial charge in [0.05, 0.1) is 5.57 Å². The van der Waals surface area contributed by atoms with Crippen molar-refractivity contribution in [2.75, 3.05) is 14.1 Å². The topological polar surface area (TPSA) is 42.4 Å². The van der Waals surface area contributed by atoms with Crippen molar-refractivity contribution >= 4 is 34.5 Å². The highest BCUT2D eigenvalue weighted by atomic mass is 127. The zero-order valence-corrected chi connectivity index (χ0v) is 10.6. The summed E-state index contributed by atoms with van der Waals surface area (Å²) in [5.74, 6) is -0.378. The summed E-state index contributed by atoms with van der Waals surface area (Å²) in [6.07, 6.45) is 4.99. The molecule has 0 saturated carbocycles. The van der Waals surface area contributed by atoms with Crippen LogP contribution in [0, 0.1) is 0 Å². The molecule has 0 bridgehead atoms. The second-order valence-electron chi connectivity index (χ2n) is 3.11. The van der Waals surface area contributed by atoms with Gasteiger partial charge in [-0.25, -0.2) is 4.79 Å². The Hall–Kier alpha value is -1.11. The summed E-state index contributed by atoms with van der Waals surface area (Å²) in [6.45, 7) is 0. The summed E-state index contributed by atoms with van der Waals surface area (Å²) in [6, 6.07) is 3.59. The zero-order chi connectivity index (χ0) is 11.3. The standard InChI is InChI=1S/C10H11IN2O2/c1-13(2)7-9(10(14)15-11)8-4-3-5-12-6-8/h3-7H,1-2H3/b9-7-. The minimum atomic E-state index is -0.378. The summed E-state index contributed by atoms with van der Waals surface area (Å²) < 4.78 is 4.68. The van der Waals surface area contributed by atoms with Crippen molar-refractivity contribution in [2.45, 2.75) is 0 Å². The predicted octanol–water partition coefficient (Wildman–Crippen LogP) is 1.88. The van der Waals surface area contributed by atoms with Gasteiger partial charge in [0.25, 0.3) is 0 Å². The van der Waals surface area contributed by atoms with Gasteiger partial charge in [0.15, 0.2) is 23.0 Å². The van der Waals surface area contributed by atoms with Gasteiger partial charge in [0, 0.05) is 38.3 Å². The number of halogens is 1. The molecule has 0 spiro atoms. The molecule has 15 heavy (non-hydrogen) atoms. The SMILES string of the molecule is CN(C)/C=C(\C(=O)OI)c1cccnc1. The monoisotopic (exact) mass is 318 g/mol. The molecule has 0 aliphatic rings. The van der Waals surface area contributed by atoms with E-state index in [2.05, 4.69) is 8.05 Å². The number of carbonyl (C=O) groups excluding carboxylic acids is 1. The fourth-order valence-corrected chi connectivity index (χ4v) is 1.30. The molecule has 0 fully saturated rings. The van der Waals surface area contributed by atoms with Crippen LogP contribution in [0.3, 0.4) is 0 Å². The number of nitrogens with zero attached hydrogens (tertiary/aromatic N) is 2. The summed E-state index contributed by atoms with van der Waals surface area (Å²) in [4.78, 5) is 17.2. The molecular formula is C10H11IN2O2. The Labute approximate surface area is 103 Å². The van der Waals surface area contributed by atoms with E-state index < -0.39 is 0 Å². The lowest BCUT2D eigenvalue weighted by Crippen LogP contribution is -2.08. The Morgan fingerprint density at radius 3 is 2.80 bits per heavy atom. The summed E-state index contributed by atoms with van der Waals surface area (Å²) in [5, 5.41) is 0. The van der Waals surface area contributed by atoms with Crippen LogP contribution in [0.2, 0.25) is 0 Å². The molecule has 80 valence electrons. The number of pyridine rings is 1. The van der Waals surface area contributed by atoms with Crippen LogP contribution in [0.1, 0.15) is 5.56 Å². The molecule has 0 atom stereocenters. The number of rotatable bonds is 3. The molecule has 1 aromatic rings. The minimum Gasteiger partial charge on any atom is -0.391 e. The maximum atomic E-state index is 11.5. The maximum Gasteiger partial charge on any atom is 0.349 e. The molecule has 4 nitrogen and oxygen atoms in total. The molecule has 0 aromatic carbocycles. The van der Waals surface area contributed by atoms with Crippen LogP contribution in [0.25, 0.3) is 5.57 Å². The number of hydrogen-bond acceptors (Lipinski definition) is 4. The van der Waals surface area contributed by atoms with E-state index in [4.69, 9.17) is 0 Å². The van der Waals surface area contributed by atoms with Gasteiger partial charge in [-0.3, -0.25) is 4.98 Å². The van der Waals surface area contributed by atoms with E-state index in [0.29, 0.717) is 5.57 Å². The molecule has 0 N–H and O–H groups in total. The van der Waals surface area contributed by atoms with Crippen LogP contribution >= 0.6 is 23.0 Å². The highest BCUT2D eigenvalue weighted by Crippen LogP contribution is 2.16. The van der Waals surface area contributed by atoms with Crippen LogP contribution in [0.15, 0.2) is 30.7 Å². The van der Waals surface area contributed by atoms with Gasteiger partial charge in [-0.2, -0.15) is 0 Å². The molecule has 0 radical (unpaired) electrons. The fraction of sp³-hybridized carbons (Fsp3) is 0.200. The van der Waals surface area contributed by atoms with E-state index >= 15 is 0 Å². The Balaban J connectivity index is 3.08. The smallest absolute Gasteiger partial charge is 0.349 e. The van der Waals surface area contributed by atoms with E-state index in [-0.39, 0.29) is 5.97 Å². The van der Waals surface area contributed by atoms with Crippen LogP contribution in [-0.2, 0) is 7.86 Å². The van der Waals surface area contributed by atoms with Gasteiger partial charge in [-0.1, -0.05) is 6.07 Å². The molecule has 5 heteroatoms. The van der Waals surface area contributed by atoms with Gasteiger partial charge < -0.3 is 7.97 Å². The van der Waals surface area contributed by atoms with E-state index in [1.54, 1.807) is 52.6 Å². The molecule has 0 aliphatic carbocycles. The van der Waals surface area contributed by atoms with E-state index in [1.165, 1.54) is 0 Å². The number of aromatic nitrogens is 1. The zero-order valence-electron chi connectivity index (χ0n) is 8.48. The van der Waals surface area contributed by atoms with Crippen molar-refractivity contribution in [3.05, 3.63) is 36.3 Å².